The van der Waals surface area contributed by atoms with Crippen LogP contribution in [-0.4, -0.2) is 34.3 Å². The molecule has 2 aliphatic rings. The van der Waals surface area contributed by atoms with Gasteiger partial charge in [-0.15, -0.1) is 0 Å². The summed E-state index contributed by atoms with van der Waals surface area (Å²) >= 11 is 0. The summed E-state index contributed by atoms with van der Waals surface area (Å²) in [6.45, 7) is 1.88. The number of rotatable bonds is 1. The first-order chi connectivity index (χ1) is 7.74. The Hall–Kier alpha value is -1.36. The first kappa shape index (κ1) is 9.84. The first-order valence-corrected chi connectivity index (χ1v) is 5.74. The summed E-state index contributed by atoms with van der Waals surface area (Å²) in [6, 6.07) is 1.80. The van der Waals surface area contributed by atoms with Gasteiger partial charge in [0, 0.05) is 25.1 Å². The zero-order chi connectivity index (χ0) is 11.1. The van der Waals surface area contributed by atoms with Gasteiger partial charge in [0.1, 0.15) is 18.0 Å². The maximum Gasteiger partial charge on any atom is 0.134 e. The molecule has 0 aromatic carbocycles. The van der Waals surface area contributed by atoms with Crippen molar-refractivity contribution in [1.29, 1.82) is 0 Å². The van der Waals surface area contributed by atoms with Gasteiger partial charge in [0.15, 0.2) is 0 Å². The minimum Gasteiger partial charge on any atom is -0.393 e. The second kappa shape index (κ2) is 3.59. The van der Waals surface area contributed by atoms with E-state index in [-0.39, 0.29) is 6.10 Å². The van der Waals surface area contributed by atoms with Crippen LogP contribution in [0.2, 0.25) is 0 Å². The molecule has 1 saturated heterocycles. The largest absolute Gasteiger partial charge is 0.393 e. The lowest BCUT2D eigenvalue weighted by molar-refractivity contribution is 0.133. The third-order valence-electron chi connectivity index (χ3n) is 3.82. The quantitative estimate of drug-likeness (QED) is 0.710. The Morgan fingerprint density at radius 2 is 2.19 bits per heavy atom. The van der Waals surface area contributed by atoms with E-state index >= 15 is 0 Å². The topological polar surface area (TPSA) is 75.3 Å². The number of hydrogen-bond acceptors (Lipinski definition) is 5. The molecule has 0 radical (unpaired) electrons. The molecule has 3 unspecified atom stereocenters. The predicted octanol–water partition coefficient (Wildman–Crippen LogP) is 0.266. The van der Waals surface area contributed by atoms with E-state index in [1.807, 2.05) is 0 Å². The van der Waals surface area contributed by atoms with E-state index in [0.717, 1.165) is 31.7 Å². The van der Waals surface area contributed by atoms with E-state index in [0.29, 0.717) is 17.7 Å². The number of nitrogens with two attached hydrogens (primary N) is 1. The van der Waals surface area contributed by atoms with Gasteiger partial charge in [-0.2, -0.15) is 0 Å². The number of nitrogen functional groups attached to an aromatic ring is 1. The molecule has 3 atom stereocenters. The van der Waals surface area contributed by atoms with Crippen LogP contribution in [0.1, 0.15) is 12.8 Å². The second-order valence-electron chi connectivity index (χ2n) is 4.77. The fourth-order valence-corrected chi connectivity index (χ4v) is 2.96. The molecular formula is C11H16N4O. The van der Waals surface area contributed by atoms with E-state index < -0.39 is 0 Å². The van der Waals surface area contributed by atoms with E-state index in [2.05, 4.69) is 14.9 Å². The average Bonchev–Trinajstić information content (AvgIpc) is 2.81. The minimum atomic E-state index is -0.130. The Morgan fingerprint density at radius 1 is 1.31 bits per heavy atom. The second-order valence-corrected chi connectivity index (χ2v) is 4.77. The predicted molar refractivity (Wildman–Crippen MR) is 60.9 cm³/mol. The number of nitrogens with zero attached hydrogens (tertiary/aromatic N) is 3. The third-order valence-corrected chi connectivity index (χ3v) is 3.82. The van der Waals surface area contributed by atoms with Crippen molar-refractivity contribution in [3.63, 3.8) is 0 Å². The van der Waals surface area contributed by atoms with Crippen LogP contribution in [0.5, 0.6) is 0 Å². The van der Waals surface area contributed by atoms with Crippen LogP contribution in [0, 0.1) is 11.8 Å². The van der Waals surface area contributed by atoms with E-state index in [1.54, 1.807) is 6.07 Å². The molecule has 5 heteroatoms. The van der Waals surface area contributed by atoms with E-state index in [9.17, 15) is 5.11 Å². The highest BCUT2D eigenvalue weighted by Crippen LogP contribution is 2.39. The van der Waals surface area contributed by atoms with Gasteiger partial charge in [0.05, 0.1) is 6.10 Å². The Labute approximate surface area is 94.3 Å². The molecule has 16 heavy (non-hydrogen) atoms. The van der Waals surface area contributed by atoms with Crippen molar-refractivity contribution in [2.45, 2.75) is 18.9 Å². The first-order valence-electron chi connectivity index (χ1n) is 5.74. The van der Waals surface area contributed by atoms with Gasteiger partial charge < -0.3 is 15.7 Å². The zero-order valence-corrected chi connectivity index (χ0v) is 9.08. The maximum absolute atomic E-state index is 9.83. The molecule has 0 amide bonds. The highest BCUT2D eigenvalue weighted by molar-refractivity contribution is 5.47. The molecule has 1 aliphatic heterocycles. The fourth-order valence-electron chi connectivity index (χ4n) is 2.96. The fraction of sp³-hybridized carbons (Fsp3) is 0.636. The molecule has 0 bridgehead atoms. The minimum absolute atomic E-state index is 0.130. The van der Waals surface area contributed by atoms with Crippen LogP contribution in [0.15, 0.2) is 12.4 Å². The third kappa shape index (κ3) is 1.51. The molecule has 2 heterocycles. The van der Waals surface area contributed by atoms with Gasteiger partial charge in [-0.25, -0.2) is 9.97 Å². The van der Waals surface area contributed by atoms with Gasteiger partial charge in [0.25, 0.3) is 0 Å². The van der Waals surface area contributed by atoms with Gasteiger partial charge in [-0.1, -0.05) is 0 Å². The monoisotopic (exact) mass is 220 g/mol. The maximum atomic E-state index is 9.83. The summed E-state index contributed by atoms with van der Waals surface area (Å²) in [5, 5.41) is 9.83. The summed E-state index contributed by atoms with van der Waals surface area (Å²) < 4.78 is 0. The number of aromatic nitrogens is 2. The van der Waals surface area contributed by atoms with Crippen molar-refractivity contribution >= 4 is 11.6 Å². The van der Waals surface area contributed by atoms with Gasteiger partial charge in [0.2, 0.25) is 0 Å². The van der Waals surface area contributed by atoms with Crippen LogP contribution in [0.4, 0.5) is 11.6 Å². The van der Waals surface area contributed by atoms with Gasteiger partial charge >= 0.3 is 0 Å². The Bertz CT molecular complexity index is 397. The number of hydrogen-bond donors (Lipinski definition) is 2. The summed E-state index contributed by atoms with van der Waals surface area (Å²) in [5.74, 6) is 2.42. The normalized spacial score (nSPS) is 33.1. The Balaban J connectivity index is 1.79. The van der Waals surface area contributed by atoms with Crippen LogP contribution in [0.3, 0.4) is 0 Å². The summed E-state index contributed by atoms with van der Waals surface area (Å²) in [6.07, 6.45) is 3.45. The molecule has 3 N–H and O–H groups in total. The highest BCUT2D eigenvalue weighted by Gasteiger charge is 2.42. The van der Waals surface area contributed by atoms with E-state index in [4.69, 9.17) is 5.73 Å². The van der Waals surface area contributed by atoms with Crippen molar-refractivity contribution in [3.8, 4) is 0 Å². The van der Waals surface area contributed by atoms with Crippen LogP contribution < -0.4 is 10.6 Å². The highest BCUT2D eigenvalue weighted by atomic mass is 16.3. The number of aliphatic hydroxyl groups excluding tert-OH is 1. The molecule has 3 rings (SSSR count). The SMILES string of the molecule is Nc1cc(N2CC3CCC(O)C3C2)ncn1. The molecular weight excluding hydrogens is 204 g/mol. The van der Waals surface area contributed by atoms with Crippen molar-refractivity contribution in [2.24, 2.45) is 11.8 Å². The van der Waals surface area contributed by atoms with Crippen molar-refractivity contribution in [1.82, 2.24) is 9.97 Å². The lowest BCUT2D eigenvalue weighted by atomic mass is 10.00. The molecule has 1 saturated carbocycles. The standard InChI is InChI=1S/C11H16N4O/c12-10-3-11(14-6-13-10)15-4-7-1-2-9(16)8(7)5-15/h3,6-9,16H,1-2,4-5H2,(H2,12,13,14). The van der Waals surface area contributed by atoms with Crippen LogP contribution in [0.25, 0.3) is 0 Å². The van der Waals surface area contributed by atoms with Gasteiger partial charge in [-0.05, 0) is 18.8 Å². The molecule has 1 aromatic rings. The Kier molecular flexibility index (Phi) is 2.21. The molecule has 86 valence electrons. The van der Waals surface area contributed by atoms with Crippen LogP contribution in [-0.2, 0) is 0 Å². The van der Waals surface area contributed by atoms with Crippen molar-refractivity contribution < 1.29 is 5.11 Å². The van der Waals surface area contributed by atoms with Gasteiger partial charge in [-0.3, -0.25) is 0 Å². The molecule has 1 aliphatic carbocycles. The average molecular weight is 220 g/mol. The zero-order valence-electron chi connectivity index (χ0n) is 9.08. The van der Waals surface area contributed by atoms with Crippen molar-refractivity contribution in [2.75, 3.05) is 23.7 Å². The van der Waals surface area contributed by atoms with Crippen molar-refractivity contribution in [3.05, 3.63) is 12.4 Å². The summed E-state index contributed by atoms with van der Waals surface area (Å²) in [7, 11) is 0. The lowest BCUT2D eigenvalue weighted by Crippen LogP contribution is -2.25. The molecule has 1 aromatic heterocycles. The summed E-state index contributed by atoms with van der Waals surface area (Å²) in [5.41, 5.74) is 5.64. The Morgan fingerprint density at radius 3 is 2.94 bits per heavy atom. The summed E-state index contributed by atoms with van der Waals surface area (Å²) in [4.78, 5) is 10.3. The molecule has 0 spiro atoms. The molecule has 5 nitrogen and oxygen atoms in total. The van der Waals surface area contributed by atoms with Crippen LogP contribution >= 0.6 is 0 Å². The number of aliphatic hydroxyl groups is 1. The number of fused-ring (bicyclic) bond motifs is 1. The molecule has 2 fully saturated rings. The number of anilines is 2. The lowest BCUT2D eigenvalue weighted by Gasteiger charge is -2.19. The van der Waals surface area contributed by atoms with E-state index in [1.165, 1.54) is 6.33 Å². The smallest absolute Gasteiger partial charge is 0.134 e.